The zero-order valence-corrected chi connectivity index (χ0v) is 13.2. The van der Waals surface area contributed by atoms with Crippen LogP contribution in [0.4, 0.5) is 0 Å². The van der Waals surface area contributed by atoms with Crippen LogP contribution in [-0.4, -0.2) is 15.0 Å². The molecule has 0 aliphatic heterocycles. The van der Waals surface area contributed by atoms with Crippen molar-refractivity contribution in [3.05, 3.63) is 46.8 Å². The standard InChI is InChI=1S/C13H14BrNO4S/c1-2-18-12-6-5-10(14)8-13(12)20(16,17)15-9-11-4-3-7-19-11/h3-8,15H,2,9H2,1H3. The van der Waals surface area contributed by atoms with Gasteiger partial charge in [0, 0.05) is 4.47 Å². The first kappa shape index (κ1) is 15.1. The summed E-state index contributed by atoms with van der Waals surface area (Å²) in [6, 6.07) is 8.27. The van der Waals surface area contributed by atoms with Crippen LogP contribution < -0.4 is 9.46 Å². The van der Waals surface area contributed by atoms with Crippen LogP contribution in [-0.2, 0) is 16.6 Å². The van der Waals surface area contributed by atoms with Crippen molar-refractivity contribution in [3.63, 3.8) is 0 Å². The molecule has 0 saturated carbocycles. The number of hydrogen-bond donors (Lipinski definition) is 1. The highest BCUT2D eigenvalue weighted by Gasteiger charge is 2.20. The topological polar surface area (TPSA) is 68.5 Å². The first-order valence-electron chi connectivity index (χ1n) is 5.97. The lowest BCUT2D eigenvalue weighted by molar-refractivity contribution is 0.331. The van der Waals surface area contributed by atoms with Gasteiger partial charge in [0.2, 0.25) is 10.0 Å². The Morgan fingerprint density at radius 2 is 2.15 bits per heavy atom. The highest BCUT2D eigenvalue weighted by molar-refractivity contribution is 9.10. The van der Waals surface area contributed by atoms with Crippen molar-refractivity contribution < 1.29 is 17.6 Å². The number of sulfonamides is 1. The van der Waals surface area contributed by atoms with Crippen molar-refractivity contribution in [2.45, 2.75) is 18.4 Å². The first-order valence-corrected chi connectivity index (χ1v) is 8.25. The second-order valence-electron chi connectivity index (χ2n) is 3.93. The molecule has 0 unspecified atom stereocenters. The van der Waals surface area contributed by atoms with E-state index in [1.165, 1.54) is 12.3 Å². The van der Waals surface area contributed by atoms with Crippen molar-refractivity contribution in [2.75, 3.05) is 6.61 Å². The van der Waals surface area contributed by atoms with Gasteiger partial charge in [0.25, 0.3) is 0 Å². The van der Waals surface area contributed by atoms with Gasteiger partial charge in [-0.25, -0.2) is 13.1 Å². The minimum Gasteiger partial charge on any atom is -0.492 e. The Balaban J connectivity index is 2.26. The second kappa shape index (κ2) is 6.43. The minimum absolute atomic E-state index is 0.0907. The van der Waals surface area contributed by atoms with E-state index in [-0.39, 0.29) is 11.4 Å². The summed E-state index contributed by atoms with van der Waals surface area (Å²) >= 11 is 3.26. The largest absolute Gasteiger partial charge is 0.492 e. The van der Waals surface area contributed by atoms with E-state index >= 15 is 0 Å². The Labute approximate surface area is 126 Å². The van der Waals surface area contributed by atoms with Gasteiger partial charge in [0.05, 0.1) is 19.4 Å². The molecule has 108 valence electrons. The lowest BCUT2D eigenvalue weighted by Gasteiger charge is -2.11. The predicted octanol–water partition coefficient (Wildman–Crippen LogP) is 2.92. The van der Waals surface area contributed by atoms with Crippen molar-refractivity contribution in [1.29, 1.82) is 0 Å². The molecule has 0 radical (unpaired) electrons. The Kier molecular flexibility index (Phi) is 4.85. The van der Waals surface area contributed by atoms with Crippen molar-refractivity contribution in [3.8, 4) is 5.75 Å². The van der Waals surface area contributed by atoms with E-state index < -0.39 is 10.0 Å². The summed E-state index contributed by atoms with van der Waals surface area (Å²) in [6.45, 7) is 2.28. The second-order valence-corrected chi connectivity index (χ2v) is 6.58. The molecule has 0 bridgehead atoms. The highest BCUT2D eigenvalue weighted by Crippen LogP contribution is 2.27. The van der Waals surface area contributed by atoms with Crippen LogP contribution in [0.5, 0.6) is 5.75 Å². The SMILES string of the molecule is CCOc1ccc(Br)cc1S(=O)(=O)NCc1ccco1. The molecule has 1 aromatic carbocycles. The number of benzene rings is 1. The summed E-state index contributed by atoms with van der Waals surface area (Å²) in [6.07, 6.45) is 1.49. The van der Waals surface area contributed by atoms with E-state index in [2.05, 4.69) is 20.7 Å². The molecule has 2 rings (SSSR count). The van der Waals surface area contributed by atoms with Crippen LogP contribution >= 0.6 is 15.9 Å². The molecule has 7 heteroatoms. The van der Waals surface area contributed by atoms with Gasteiger partial charge in [-0.2, -0.15) is 0 Å². The van der Waals surface area contributed by atoms with Crippen LogP contribution in [0.15, 0.2) is 50.4 Å². The Morgan fingerprint density at radius 1 is 1.35 bits per heavy atom. The lowest BCUT2D eigenvalue weighted by Crippen LogP contribution is -2.23. The fourth-order valence-corrected chi connectivity index (χ4v) is 3.30. The van der Waals surface area contributed by atoms with Gasteiger partial charge in [-0.3, -0.25) is 0 Å². The molecule has 0 fully saturated rings. The summed E-state index contributed by atoms with van der Waals surface area (Å²) in [5, 5.41) is 0. The molecule has 1 heterocycles. The van der Waals surface area contributed by atoms with E-state index in [9.17, 15) is 8.42 Å². The van der Waals surface area contributed by atoms with E-state index in [0.717, 1.165) is 0 Å². The number of nitrogens with one attached hydrogen (secondary N) is 1. The minimum atomic E-state index is -3.68. The van der Waals surface area contributed by atoms with E-state index in [4.69, 9.17) is 9.15 Å². The fraction of sp³-hybridized carbons (Fsp3) is 0.231. The molecule has 0 amide bonds. The molecular formula is C13H14BrNO4S. The smallest absolute Gasteiger partial charge is 0.244 e. The Morgan fingerprint density at radius 3 is 2.80 bits per heavy atom. The van der Waals surface area contributed by atoms with E-state index in [1.54, 1.807) is 31.2 Å². The number of halogens is 1. The van der Waals surface area contributed by atoms with Crippen molar-refractivity contribution >= 4 is 26.0 Å². The normalized spacial score (nSPS) is 11.5. The van der Waals surface area contributed by atoms with Crippen LogP contribution in [0.3, 0.4) is 0 Å². The molecule has 20 heavy (non-hydrogen) atoms. The number of hydrogen-bond acceptors (Lipinski definition) is 4. The first-order chi connectivity index (χ1) is 9.53. The molecule has 0 aliphatic rings. The quantitative estimate of drug-likeness (QED) is 0.860. The maximum Gasteiger partial charge on any atom is 0.244 e. The van der Waals surface area contributed by atoms with E-state index in [0.29, 0.717) is 22.6 Å². The Bertz CT molecular complexity index is 668. The lowest BCUT2D eigenvalue weighted by atomic mass is 10.3. The van der Waals surface area contributed by atoms with Crippen molar-refractivity contribution in [2.24, 2.45) is 0 Å². The van der Waals surface area contributed by atoms with Gasteiger partial charge in [-0.15, -0.1) is 0 Å². The van der Waals surface area contributed by atoms with Gasteiger partial charge >= 0.3 is 0 Å². The van der Waals surface area contributed by atoms with Crippen LogP contribution in [0, 0.1) is 0 Å². The number of ether oxygens (including phenoxy) is 1. The van der Waals surface area contributed by atoms with Gasteiger partial charge in [-0.1, -0.05) is 15.9 Å². The predicted molar refractivity (Wildman–Crippen MR) is 78.0 cm³/mol. The van der Waals surface area contributed by atoms with Gasteiger partial charge < -0.3 is 9.15 Å². The van der Waals surface area contributed by atoms with E-state index in [1.807, 2.05) is 0 Å². The number of rotatable bonds is 6. The maximum absolute atomic E-state index is 12.3. The molecule has 0 spiro atoms. The zero-order chi connectivity index (χ0) is 14.6. The van der Waals surface area contributed by atoms with Gasteiger partial charge in [0.15, 0.2) is 0 Å². The molecule has 1 N–H and O–H groups in total. The average Bonchev–Trinajstić information content (AvgIpc) is 2.92. The summed E-state index contributed by atoms with van der Waals surface area (Å²) in [5.41, 5.74) is 0. The highest BCUT2D eigenvalue weighted by atomic mass is 79.9. The fourth-order valence-electron chi connectivity index (χ4n) is 1.62. The average molecular weight is 360 g/mol. The molecule has 5 nitrogen and oxygen atoms in total. The molecule has 1 aromatic heterocycles. The van der Waals surface area contributed by atoms with Crippen LogP contribution in [0.1, 0.15) is 12.7 Å². The molecule has 0 saturated heterocycles. The third-order valence-corrected chi connectivity index (χ3v) is 4.43. The monoisotopic (exact) mass is 359 g/mol. The van der Waals surface area contributed by atoms with Crippen LogP contribution in [0.25, 0.3) is 0 Å². The Hall–Kier alpha value is -1.31. The summed E-state index contributed by atoms with van der Waals surface area (Å²) in [4.78, 5) is 0.0975. The van der Waals surface area contributed by atoms with Crippen LogP contribution in [0.2, 0.25) is 0 Å². The van der Waals surface area contributed by atoms with Crippen molar-refractivity contribution in [1.82, 2.24) is 4.72 Å². The molecule has 0 atom stereocenters. The zero-order valence-electron chi connectivity index (χ0n) is 10.8. The summed E-state index contributed by atoms with van der Waals surface area (Å²) in [5.74, 6) is 0.865. The third kappa shape index (κ3) is 3.62. The summed E-state index contributed by atoms with van der Waals surface area (Å²) in [7, 11) is -3.68. The molecular weight excluding hydrogens is 346 g/mol. The third-order valence-electron chi connectivity index (χ3n) is 2.51. The number of furan rings is 1. The molecule has 2 aromatic rings. The molecule has 0 aliphatic carbocycles. The summed E-state index contributed by atoms with van der Waals surface area (Å²) < 4.78 is 38.2. The van der Waals surface area contributed by atoms with Gasteiger partial charge in [-0.05, 0) is 37.3 Å². The van der Waals surface area contributed by atoms with Gasteiger partial charge in [0.1, 0.15) is 16.4 Å². The maximum atomic E-state index is 12.3.